The fourth-order valence-electron chi connectivity index (χ4n) is 3.77. The highest BCUT2D eigenvalue weighted by atomic mass is 35.5. The molecule has 0 spiro atoms. The Bertz CT molecular complexity index is 1330. The first-order chi connectivity index (χ1) is 19.5. The molecule has 1 saturated heterocycles. The minimum absolute atomic E-state index is 0.0413. The topological polar surface area (TPSA) is 171 Å². The predicted octanol–water partition coefficient (Wildman–Crippen LogP) is 3.38. The van der Waals surface area contributed by atoms with Gasteiger partial charge in [-0.15, -0.1) is 0 Å². The Labute approximate surface area is 247 Å². The molecule has 2 amide bonds. The Morgan fingerprint density at radius 2 is 1.71 bits per heavy atom. The fraction of sp³-hybridized carbons (Fsp3) is 0.308. The first-order valence-electron chi connectivity index (χ1n) is 12.6. The van der Waals surface area contributed by atoms with Crippen molar-refractivity contribution in [2.24, 2.45) is 0 Å². The van der Waals surface area contributed by atoms with Gasteiger partial charge in [-0.2, -0.15) is 0 Å². The number of methoxy groups -OCH3 is 1. The van der Waals surface area contributed by atoms with E-state index in [1.807, 2.05) is 0 Å². The van der Waals surface area contributed by atoms with E-state index in [2.05, 4.69) is 26.1 Å². The summed E-state index contributed by atoms with van der Waals surface area (Å²) in [5, 5.41) is 22.1. The Balaban J connectivity index is 1.94. The summed E-state index contributed by atoms with van der Waals surface area (Å²) in [6.07, 6.45) is 2.30. The highest BCUT2D eigenvalue weighted by Crippen LogP contribution is 2.39. The van der Waals surface area contributed by atoms with Crippen LogP contribution in [0.3, 0.4) is 0 Å². The Kier molecular flexibility index (Phi) is 11.7. The molecule has 12 nitrogen and oxygen atoms in total. The summed E-state index contributed by atoms with van der Waals surface area (Å²) in [4.78, 5) is 38.2. The SMILES string of the molecule is COC(=O)[C@H](C)NP(=O)(N/C=C(/NC(=O)c1c(Cl)cccc1Cl)C(=N)C(=O)NC1CCNCC1)Oc1ccccc1. The van der Waals surface area contributed by atoms with Gasteiger partial charge in [0.1, 0.15) is 17.5 Å². The van der Waals surface area contributed by atoms with Gasteiger partial charge in [0.25, 0.3) is 11.8 Å². The molecule has 3 rings (SSSR count). The summed E-state index contributed by atoms with van der Waals surface area (Å²) in [5.74, 6) is -2.12. The zero-order valence-corrected chi connectivity index (χ0v) is 24.7. The number of piperidine rings is 1. The van der Waals surface area contributed by atoms with Crippen LogP contribution in [0.1, 0.15) is 30.1 Å². The first kappa shape index (κ1) is 32.1. The van der Waals surface area contributed by atoms with Gasteiger partial charge in [-0.1, -0.05) is 47.5 Å². The maximum absolute atomic E-state index is 13.9. The number of para-hydroxylation sites is 1. The number of carbonyl (C=O) groups is 3. The average Bonchev–Trinajstić information content (AvgIpc) is 2.95. The maximum Gasteiger partial charge on any atom is 0.417 e. The van der Waals surface area contributed by atoms with Crippen LogP contribution in [0, 0.1) is 5.41 Å². The number of benzene rings is 2. The second-order valence-corrected chi connectivity index (χ2v) is 11.6. The molecule has 0 aliphatic carbocycles. The normalized spacial score (nSPS) is 16.0. The molecule has 2 aromatic carbocycles. The fourth-order valence-corrected chi connectivity index (χ4v) is 5.85. The highest BCUT2D eigenvalue weighted by Gasteiger charge is 2.31. The van der Waals surface area contributed by atoms with Gasteiger partial charge in [0, 0.05) is 12.2 Å². The van der Waals surface area contributed by atoms with Crippen molar-refractivity contribution in [3.8, 4) is 5.75 Å². The summed E-state index contributed by atoms with van der Waals surface area (Å²) in [6, 6.07) is 11.3. The number of nitrogens with one attached hydrogen (secondary N) is 6. The third-order valence-electron chi connectivity index (χ3n) is 5.88. The minimum Gasteiger partial charge on any atom is -0.468 e. The number of hydrogen-bond donors (Lipinski definition) is 6. The lowest BCUT2D eigenvalue weighted by Crippen LogP contribution is -2.46. The van der Waals surface area contributed by atoms with E-state index in [1.54, 1.807) is 36.4 Å². The second kappa shape index (κ2) is 15.0. The Morgan fingerprint density at radius 1 is 1.07 bits per heavy atom. The van der Waals surface area contributed by atoms with Gasteiger partial charge in [0.15, 0.2) is 0 Å². The monoisotopic (exact) mass is 624 g/mol. The van der Waals surface area contributed by atoms with Crippen molar-refractivity contribution in [2.75, 3.05) is 20.2 Å². The van der Waals surface area contributed by atoms with Gasteiger partial charge in [0.05, 0.1) is 28.4 Å². The molecule has 2 aromatic rings. The zero-order chi connectivity index (χ0) is 30.0. The van der Waals surface area contributed by atoms with Gasteiger partial charge in [-0.05, 0) is 57.1 Å². The van der Waals surface area contributed by atoms with Crippen LogP contribution in [0.4, 0.5) is 0 Å². The smallest absolute Gasteiger partial charge is 0.417 e. The molecule has 6 N–H and O–H groups in total. The Hall–Kier alpha value is -3.41. The van der Waals surface area contributed by atoms with Crippen LogP contribution in [0.5, 0.6) is 5.75 Å². The molecule has 41 heavy (non-hydrogen) atoms. The van der Waals surface area contributed by atoms with E-state index >= 15 is 0 Å². The van der Waals surface area contributed by atoms with Crippen molar-refractivity contribution >= 4 is 54.4 Å². The standard InChI is InChI=1S/C26H31Cl2N6O6P/c1-16(26(37)39-2)34-41(38,40-18-7-4-3-5-8-18)31-15-21(23(29)25(36)32-17-11-13-30-14-12-17)33-24(35)22-19(27)9-6-10-20(22)28/h3-10,15-17,29-30H,11-14H2,1-2H3,(H,32,36)(H,33,35)(H2,31,34,38)/b21-15+,29-23?/t16-,41?/m0/s1. The van der Waals surface area contributed by atoms with Crippen molar-refractivity contribution in [3.05, 3.63) is 76.0 Å². The number of esters is 1. The number of carbonyl (C=O) groups excluding carboxylic acids is 3. The molecular formula is C26H31Cl2N6O6P. The van der Waals surface area contributed by atoms with Gasteiger partial charge < -0.3 is 25.2 Å². The van der Waals surface area contributed by atoms with Crippen LogP contribution in [-0.2, 0) is 18.9 Å². The van der Waals surface area contributed by atoms with E-state index in [-0.39, 0.29) is 33.1 Å². The van der Waals surface area contributed by atoms with E-state index in [0.717, 1.165) is 6.20 Å². The van der Waals surface area contributed by atoms with Crippen LogP contribution < -0.4 is 30.6 Å². The third-order valence-corrected chi connectivity index (χ3v) is 8.18. The van der Waals surface area contributed by atoms with E-state index in [4.69, 9.17) is 37.9 Å². The third kappa shape index (κ3) is 9.31. The molecule has 220 valence electrons. The van der Waals surface area contributed by atoms with Crippen LogP contribution in [0.15, 0.2) is 60.4 Å². The first-order valence-corrected chi connectivity index (χ1v) is 14.9. The van der Waals surface area contributed by atoms with E-state index in [1.165, 1.54) is 26.2 Å². The largest absolute Gasteiger partial charge is 0.468 e. The van der Waals surface area contributed by atoms with Crippen LogP contribution in [0.25, 0.3) is 0 Å². The summed E-state index contributed by atoms with van der Waals surface area (Å²) in [5.41, 5.74) is -1.09. The lowest BCUT2D eigenvalue weighted by atomic mass is 10.1. The molecule has 0 bridgehead atoms. The molecule has 0 radical (unpaired) electrons. The molecule has 1 fully saturated rings. The van der Waals surface area contributed by atoms with Crippen molar-refractivity contribution in [2.45, 2.75) is 31.8 Å². The van der Waals surface area contributed by atoms with Crippen LogP contribution >= 0.6 is 30.9 Å². The highest BCUT2D eigenvalue weighted by molar-refractivity contribution is 7.55. The molecule has 2 atom stereocenters. The number of rotatable bonds is 12. The van der Waals surface area contributed by atoms with Crippen molar-refractivity contribution in [1.29, 1.82) is 5.41 Å². The second-order valence-electron chi connectivity index (χ2n) is 8.94. The lowest BCUT2D eigenvalue weighted by molar-refractivity contribution is -0.142. The van der Waals surface area contributed by atoms with Gasteiger partial charge in [-0.3, -0.25) is 24.9 Å². The van der Waals surface area contributed by atoms with Gasteiger partial charge in [-0.25, -0.2) is 9.65 Å². The molecule has 0 aromatic heterocycles. The van der Waals surface area contributed by atoms with Crippen LogP contribution in [0.2, 0.25) is 10.0 Å². The number of amides is 2. The van der Waals surface area contributed by atoms with Gasteiger partial charge in [0.2, 0.25) is 0 Å². The van der Waals surface area contributed by atoms with Gasteiger partial charge >= 0.3 is 13.6 Å². The molecule has 15 heteroatoms. The summed E-state index contributed by atoms with van der Waals surface area (Å²) < 4.78 is 24.2. The van der Waals surface area contributed by atoms with Crippen LogP contribution in [-0.4, -0.2) is 55.8 Å². The minimum atomic E-state index is -4.17. The van der Waals surface area contributed by atoms with E-state index < -0.39 is 37.2 Å². The molecule has 1 heterocycles. The molecule has 1 aliphatic heterocycles. The zero-order valence-electron chi connectivity index (χ0n) is 22.3. The van der Waals surface area contributed by atoms with Crippen molar-refractivity contribution < 1.29 is 28.2 Å². The maximum atomic E-state index is 13.9. The molecule has 1 aliphatic rings. The number of ether oxygens (including phenoxy) is 1. The average molecular weight is 625 g/mol. The van der Waals surface area contributed by atoms with Crippen molar-refractivity contribution in [3.63, 3.8) is 0 Å². The molecular weight excluding hydrogens is 594 g/mol. The van der Waals surface area contributed by atoms with E-state index in [9.17, 15) is 18.9 Å². The van der Waals surface area contributed by atoms with E-state index in [0.29, 0.717) is 25.9 Å². The summed E-state index contributed by atoms with van der Waals surface area (Å²) in [6.45, 7) is 2.82. The number of hydrogen-bond acceptors (Lipinski definition) is 8. The molecule has 0 saturated carbocycles. The lowest BCUT2D eigenvalue weighted by Gasteiger charge is -2.25. The predicted molar refractivity (Wildman–Crippen MR) is 156 cm³/mol. The summed E-state index contributed by atoms with van der Waals surface area (Å²) >= 11 is 12.4. The quantitative estimate of drug-likeness (QED) is 0.118. The molecule has 1 unspecified atom stereocenters. The number of halogens is 2. The Morgan fingerprint density at radius 3 is 2.32 bits per heavy atom. The van der Waals surface area contributed by atoms with Crippen molar-refractivity contribution in [1.82, 2.24) is 26.1 Å². The summed E-state index contributed by atoms with van der Waals surface area (Å²) in [7, 11) is -3.00.